The third-order valence-electron chi connectivity index (χ3n) is 1.84. The standard InChI is InChI=1S/C10H14N2O2S/c1-12-8-2-3-9-4-6-10(7-5-9)15(11,13)14/h2-7,12H,8H2,1H3,(H2,11,13,14). The second-order valence-electron chi connectivity index (χ2n) is 3.07. The summed E-state index contributed by atoms with van der Waals surface area (Å²) >= 11 is 0. The number of benzene rings is 1. The van der Waals surface area contributed by atoms with Gasteiger partial charge in [-0.15, -0.1) is 0 Å². The molecule has 0 fully saturated rings. The first kappa shape index (κ1) is 11.9. The van der Waals surface area contributed by atoms with Crippen molar-refractivity contribution in [3.05, 3.63) is 35.9 Å². The van der Waals surface area contributed by atoms with Crippen LogP contribution in [-0.2, 0) is 10.0 Å². The van der Waals surface area contributed by atoms with Gasteiger partial charge in [0.15, 0.2) is 0 Å². The normalized spacial score (nSPS) is 12.1. The molecule has 0 atom stereocenters. The van der Waals surface area contributed by atoms with E-state index in [1.165, 1.54) is 12.1 Å². The molecule has 0 aliphatic rings. The quantitative estimate of drug-likeness (QED) is 0.788. The Labute approximate surface area is 89.9 Å². The highest BCUT2D eigenvalue weighted by molar-refractivity contribution is 7.89. The Morgan fingerprint density at radius 2 is 1.93 bits per heavy atom. The van der Waals surface area contributed by atoms with Crippen LogP contribution < -0.4 is 10.5 Å². The molecule has 0 unspecified atom stereocenters. The fourth-order valence-corrected chi connectivity index (χ4v) is 1.60. The van der Waals surface area contributed by atoms with Crippen molar-refractivity contribution in [3.8, 4) is 0 Å². The monoisotopic (exact) mass is 226 g/mol. The van der Waals surface area contributed by atoms with Crippen molar-refractivity contribution >= 4 is 16.1 Å². The number of hydrogen-bond acceptors (Lipinski definition) is 3. The van der Waals surface area contributed by atoms with Gasteiger partial charge in [-0.1, -0.05) is 24.3 Å². The molecule has 3 N–H and O–H groups in total. The number of rotatable bonds is 4. The molecule has 0 radical (unpaired) electrons. The maximum atomic E-state index is 11.0. The lowest BCUT2D eigenvalue weighted by Gasteiger charge is -1.98. The minimum absolute atomic E-state index is 0.133. The smallest absolute Gasteiger partial charge is 0.238 e. The number of nitrogens with two attached hydrogens (primary N) is 1. The van der Waals surface area contributed by atoms with Gasteiger partial charge in [-0.2, -0.15) is 0 Å². The molecule has 0 aliphatic carbocycles. The SMILES string of the molecule is CNCC=Cc1ccc(S(N)(=O)=O)cc1. The first-order chi connectivity index (χ1) is 7.04. The average molecular weight is 226 g/mol. The van der Waals surface area contributed by atoms with Crippen molar-refractivity contribution in [2.45, 2.75) is 4.90 Å². The van der Waals surface area contributed by atoms with E-state index in [0.717, 1.165) is 12.1 Å². The van der Waals surface area contributed by atoms with Gasteiger partial charge >= 0.3 is 0 Å². The summed E-state index contributed by atoms with van der Waals surface area (Å²) in [6.45, 7) is 0.775. The van der Waals surface area contributed by atoms with Crippen molar-refractivity contribution in [1.82, 2.24) is 5.32 Å². The molecule has 1 aromatic rings. The number of likely N-dealkylation sites (N-methyl/N-ethyl adjacent to an activating group) is 1. The van der Waals surface area contributed by atoms with Crippen molar-refractivity contribution in [2.75, 3.05) is 13.6 Å². The molecule has 0 bridgehead atoms. The van der Waals surface area contributed by atoms with E-state index < -0.39 is 10.0 Å². The van der Waals surface area contributed by atoms with Gasteiger partial charge in [0.1, 0.15) is 0 Å². The number of nitrogens with one attached hydrogen (secondary N) is 1. The van der Waals surface area contributed by atoms with Crippen LogP contribution in [0.4, 0.5) is 0 Å². The number of sulfonamides is 1. The van der Waals surface area contributed by atoms with Crippen LogP contribution in [0.3, 0.4) is 0 Å². The second kappa shape index (κ2) is 5.06. The van der Waals surface area contributed by atoms with Crippen LogP contribution in [0, 0.1) is 0 Å². The molecule has 15 heavy (non-hydrogen) atoms. The predicted molar refractivity (Wildman–Crippen MR) is 60.8 cm³/mol. The zero-order chi connectivity index (χ0) is 11.3. The lowest BCUT2D eigenvalue weighted by molar-refractivity contribution is 0.598. The minimum Gasteiger partial charge on any atom is -0.316 e. The highest BCUT2D eigenvalue weighted by atomic mass is 32.2. The molecule has 82 valence electrons. The molecule has 4 nitrogen and oxygen atoms in total. The fraction of sp³-hybridized carbons (Fsp3) is 0.200. The van der Waals surface area contributed by atoms with E-state index >= 15 is 0 Å². The number of hydrogen-bond donors (Lipinski definition) is 2. The third-order valence-corrected chi connectivity index (χ3v) is 2.77. The van der Waals surface area contributed by atoms with E-state index in [9.17, 15) is 8.42 Å². The molecular weight excluding hydrogens is 212 g/mol. The van der Waals surface area contributed by atoms with Crippen LogP contribution in [0.25, 0.3) is 6.08 Å². The lowest BCUT2D eigenvalue weighted by atomic mass is 10.2. The summed E-state index contributed by atoms with van der Waals surface area (Å²) in [5.74, 6) is 0. The summed E-state index contributed by atoms with van der Waals surface area (Å²) in [7, 11) is -1.73. The van der Waals surface area contributed by atoms with Crippen molar-refractivity contribution in [3.63, 3.8) is 0 Å². The van der Waals surface area contributed by atoms with Gasteiger partial charge in [0.25, 0.3) is 0 Å². The summed E-state index contributed by atoms with van der Waals surface area (Å²) in [4.78, 5) is 0.133. The maximum Gasteiger partial charge on any atom is 0.238 e. The molecular formula is C10H14N2O2S. The van der Waals surface area contributed by atoms with Gasteiger partial charge in [0.05, 0.1) is 4.90 Å². The largest absolute Gasteiger partial charge is 0.316 e. The summed E-state index contributed by atoms with van der Waals surface area (Å²) in [5.41, 5.74) is 0.942. The topological polar surface area (TPSA) is 72.2 Å². The Morgan fingerprint density at radius 1 is 1.33 bits per heavy atom. The van der Waals surface area contributed by atoms with Crippen molar-refractivity contribution in [1.29, 1.82) is 0 Å². The van der Waals surface area contributed by atoms with Gasteiger partial charge in [0.2, 0.25) is 10.0 Å². The molecule has 0 spiro atoms. The van der Waals surface area contributed by atoms with E-state index in [4.69, 9.17) is 5.14 Å². The second-order valence-corrected chi connectivity index (χ2v) is 4.64. The highest BCUT2D eigenvalue weighted by Gasteiger charge is 2.05. The van der Waals surface area contributed by atoms with Gasteiger partial charge < -0.3 is 5.32 Å². The Morgan fingerprint density at radius 3 is 2.40 bits per heavy atom. The van der Waals surface area contributed by atoms with Gasteiger partial charge in [-0.3, -0.25) is 0 Å². The summed E-state index contributed by atoms with van der Waals surface area (Å²) in [6, 6.07) is 6.42. The van der Waals surface area contributed by atoms with E-state index in [0.29, 0.717) is 0 Å². The maximum absolute atomic E-state index is 11.0. The van der Waals surface area contributed by atoms with Crippen LogP contribution in [-0.4, -0.2) is 22.0 Å². The van der Waals surface area contributed by atoms with Crippen molar-refractivity contribution in [2.24, 2.45) is 5.14 Å². The first-order valence-corrected chi connectivity index (χ1v) is 6.02. The number of primary sulfonamides is 1. The van der Waals surface area contributed by atoms with E-state index in [1.54, 1.807) is 12.1 Å². The van der Waals surface area contributed by atoms with E-state index in [-0.39, 0.29) is 4.90 Å². The molecule has 5 heteroatoms. The van der Waals surface area contributed by atoms with Gasteiger partial charge in [0, 0.05) is 6.54 Å². The third kappa shape index (κ3) is 3.83. The predicted octanol–water partition coefficient (Wildman–Crippen LogP) is 0.567. The molecule has 0 saturated carbocycles. The molecule has 1 rings (SSSR count). The lowest BCUT2D eigenvalue weighted by Crippen LogP contribution is -2.11. The molecule has 0 aliphatic heterocycles. The molecule has 0 heterocycles. The molecule has 0 amide bonds. The Balaban J connectivity index is 2.82. The Hall–Kier alpha value is -1.17. The van der Waals surface area contributed by atoms with Crippen LogP contribution in [0.1, 0.15) is 5.56 Å². The molecule has 1 aromatic carbocycles. The van der Waals surface area contributed by atoms with Crippen LogP contribution in [0.2, 0.25) is 0 Å². The summed E-state index contributed by atoms with van der Waals surface area (Å²) < 4.78 is 21.9. The first-order valence-electron chi connectivity index (χ1n) is 4.48. The van der Waals surface area contributed by atoms with Gasteiger partial charge in [-0.05, 0) is 24.7 Å². The van der Waals surface area contributed by atoms with Crippen molar-refractivity contribution < 1.29 is 8.42 Å². The average Bonchev–Trinajstić information content (AvgIpc) is 2.18. The minimum atomic E-state index is -3.58. The van der Waals surface area contributed by atoms with Crippen LogP contribution in [0.15, 0.2) is 35.2 Å². The molecule has 0 saturated heterocycles. The van der Waals surface area contributed by atoms with E-state index in [1.807, 2.05) is 19.2 Å². The fourth-order valence-electron chi connectivity index (χ4n) is 1.08. The van der Waals surface area contributed by atoms with Crippen LogP contribution >= 0.6 is 0 Å². The Bertz CT molecular complexity index is 435. The zero-order valence-corrected chi connectivity index (χ0v) is 9.29. The molecule has 0 aromatic heterocycles. The van der Waals surface area contributed by atoms with Gasteiger partial charge in [-0.25, -0.2) is 13.6 Å². The van der Waals surface area contributed by atoms with Crippen LogP contribution in [0.5, 0.6) is 0 Å². The highest BCUT2D eigenvalue weighted by Crippen LogP contribution is 2.09. The van der Waals surface area contributed by atoms with E-state index in [2.05, 4.69) is 5.32 Å². The summed E-state index contributed by atoms with van der Waals surface area (Å²) in [5, 5.41) is 7.94. The zero-order valence-electron chi connectivity index (χ0n) is 8.47. The Kier molecular flexibility index (Phi) is 4.02. The summed E-state index contributed by atoms with van der Waals surface area (Å²) in [6.07, 6.45) is 3.86.